The minimum Gasteiger partial charge on any atom is -0.465 e. The van der Waals surface area contributed by atoms with Crippen molar-refractivity contribution in [3.05, 3.63) is 77.1 Å². The molecule has 5 nitrogen and oxygen atoms in total. The van der Waals surface area contributed by atoms with Gasteiger partial charge >= 0.3 is 6.09 Å². The van der Waals surface area contributed by atoms with Crippen molar-refractivity contribution in [1.29, 1.82) is 0 Å². The minimum absolute atomic E-state index is 0.0808. The summed E-state index contributed by atoms with van der Waals surface area (Å²) in [6.07, 6.45) is -0.549. The standard InChI is InChI=1S/C19H17ClN2O3/c20-17-8-7-15(10-21-17)18(23)16(11-22-19(24)25)14-6-5-12-3-1-2-4-13(12)9-14/h1-10,16,18,22-23H,11H2,(H,24,25)/t16-,18-/m0/s1. The number of benzene rings is 2. The Morgan fingerprint density at radius 3 is 2.48 bits per heavy atom. The van der Waals surface area contributed by atoms with Gasteiger partial charge in [0.05, 0.1) is 6.10 Å². The molecule has 0 aliphatic rings. The highest BCUT2D eigenvalue weighted by molar-refractivity contribution is 6.29. The molecule has 25 heavy (non-hydrogen) atoms. The van der Waals surface area contributed by atoms with Crippen LogP contribution in [0.5, 0.6) is 0 Å². The quantitative estimate of drug-likeness (QED) is 0.604. The van der Waals surface area contributed by atoms with Gasteiger partial charge in [-0.05, 0) is 28.0 Å². The van der Waals surface area contributed by atoms with Crippen LogP contribution in [0.4, 0.5) is 4.79 Å². The summed E-state index contributed by atoms with van der Waals surface area (Å²) in [6, 6.07) is 17.0. The van der Waals surface area contributed by atoms with Crippen LogP contribution in [-0.4, -0.2) is 27.8 Å². The lowest BCUT2D eigenvalue weighted by Crippen LogP contribution is -2.29. The van der Waals surface area contributed by atoms with E-state index in [0.717, 1.165) is 16.3 Å². The lowest BCUT2D eigenvalue weighted by molar-refractivity contribution is 0.140. The molecule has 0 spiro atoms. The zero-order valence-corrected chi connectivity index (χ0v) is 14.0. The molecule has 1 heterocycles. The van der Waals surface area contributed by atoms with E-state index in [1.165, 1.54) is 6.20 Å². The van der Waals surface area contributed by atoms with Crippen LogP contribution in [0.15, 0.2) is 60.8 Å². The van der Waals surface area contributed by atoms with Gasteiger partial charge in [0.1, 0.15) is 5.15 Å². The number of hydrogen-bond donors (Lipinski definition) is 3. The van der Waals surface area contributed by atoms with E-state index in [1.54, 1.807) is 12.1 Å². The molecule has 0 aliphatic heterocycles. The molecule has 128 valence electrons. The SMILES string of the molecule is O=C(O)NC[C@@H](c1ccc2ccccc2c1)[C@@H](O)c1ccc(Cl)nc1. The molecule has 1 aromatic heterocycles. The van der Waals surface area contributed by atoms with E-state index in [2.05, 4.69) is 10.3 Å². The molecule has 0 fully saturated rings. The second kappa shape index (κ2) is 7.51. The summed E-state index contributed by atoms with van der Waals surface area (Å²) in [5, 5.41) is 24.6. The van der Waals surface area contributed by atoms with Crippen LogP contribution in [0.2, 0.25) is 5.15 Å². The normalized spacial score (nSPS) is 13.4. The van der Waals surface area contributed by atoms with Crippen molar-refractivity contribution in [2.45, 2.75) is 12.0 Å². The number of aliphatic hydroxyl groups is 1. The molecule has 3 N–H and O–H groups in total. The molecule has 0 unspecified atom stereocenters. The molecule has 3 rings (SSSR count). The van der Waals surface area contributed by atoms with Gasteiger partial charge in [-0.2, -0.15) is 0 Å². The molecule has 0 saturated carbocycles. The van der Waals surface area contributed by atoms with Gasteiger partial charge in [-0.15, -0.1) is 0 Å². The Morgan fingerprint density at radius 2 is 1.80 bits per heavy atom. The first-order chi connectivity index (χ1) is 12.0. The maximum absolute atomic E-state index is 10.9. The topological polar surface area (TPSA) is 82.5 Å². The number of carboxylic acid groups (broad SMARTS) is 1. The Hall–Kier alpha value is -2.63. The summed E-state index contributed by atoms with van der Waals surface area (Å²) in [5.74, 6) is -0.455. The average Bonchev–Trinajstić information content (AvgIpc) is 2.62. The number of nitrogens with one attached hydrogen (secondary N) is 1. The largest absolute Gasteiger partial charge is 0.465 e. The summed E-state index contributed by atoms with van der Waals surface area (Å²) in [5.41, 5.74) is 1.42. The van der Waals surface area contributed by atoms with Gasteiger partial charge in [0, 0.05) is 18.7 Å². The summed E-state index contributed by atoms with van der Waals surface area (Å²) >= 11 is 5.80. The fraction of sp³-hybridized carbons (Fsp3) is 0.158. The molecule has 6 heteroatoms. The Kier molecular flexibility index (Phi) is 5.16. The van der Waals surface area contributed by atoms with Crippen LogP contribution in [0.3, 0.4) is 0 Å². The van der Waals surface area contributed by atoms with Gasteiger partial charge in [0.25, 0.3) is 0 Å². The maximum Gasteiger partial charge on any atom is 0.404 e. The second-order valence-electron chi connectivity index (χ2n) is 5.76. The third kappa shape index (κ3) is 4.07. The highest BCUT2D eigenvalue weighted by Gasteiger charge is 2.24. The van der Waals surface area contributed by atoms with Crippen LogP contribution in [-0.2, 0) is 0 Å². The van der Waals surface area contributed by atoms with Crippen LogP contribution in [0, 0.1) is 0 Å². The third-order valence-corrected chi connectivity index (χ3v) is 4.37. The van der Waals surface area contributed by atoms with Gasteiger partial charge in [-0.3, -0.25) is 0 Å². The van der Waals surface area contributed by atoms with E-state index in [-0.39, 0.29) is 6.54 Å². The molecule has 0 bridgehead atoms. The first-order valence-corrected chi connectivity index (χ1v) is 8.17. The number of aromatic nitrogens is 1. The van der Waals surface area contributed by atoms with Crippen LogP contribution in [0.25, 0.3) is 10.8 Å². The Labute approximate surface area is 149 Å². The van der Waals surface area contributed by atoms with Crippen molar-refractivity contribution in [2.75, 3.05) is 6.54 Å². The Bertz CT molecular complexity index is 883. The van der Waals surface area contributed by atoms with Gasteiger partial charge in [0.2, 0.25) is 0 Å². The number of nitrogens with zero attached hydrogens (tertiary/aromatic N) is 1. The highest BCUT2D eigenvalue weighted by Crippen LogP contribution is 2.32. The predicted molar refractivity (Wildman–Crippen MR) is 96.9 cm³/mol. The zero-order valence-electron chi connectivity index (χ0n) is 13.3. The number of halogens is 1. The smallest absolute Gasteiger partial charge is 0.404 e. The first kappa shape index (κ1) is 17.2. The number of carbonyl (C=O) groups is 1. The number of rotatable bonds is 5. The molecular formula is C19H17ClN2O3. The van der Waals surface area contributed by atoms with Gasteiger partial charge in [-0.25, -0.2) is 9.78 Å². The van der Waals surface area contributed by atoms with Crippen LogP contribution >= 0.6 is 11.6 Å². The zero-order chi connectivity index (χ0) is 17.8. The van der Waals surface area contributed by atoms with Crippen molar-refractivity contribution in [2.24, 2.45) is 0 Å². The number of fused-ring (bicyclic) bond motifs is 1. The number of pyridine rings is 1. The summed E-state index contributed by atoms with van der Waals surface area (Å²) < 4.78 is 0. The second-order valence-corrected chi connectivity index (χ2v) is 6.15. The molecule has 0 radical (unpaired) electrons. The van der Waals surface area contributed by atoms with Crippen molar-refractivity contribution >= 4 is 28.5 Å². The average molecular weight is 357 g/mol. The minimum atomic E-state index is -1.13. The van der Waals surface area contributed by atoms with Crippen LogP contribution < -0.4 is 5.32 Å². The molecule has 2 aromatic carbocycles. The van der Waals surface area contributed by atoms with E-state index in [4.69, 9.17) is 16.7 Å². The Balaban J connectivity index is 1.97. The fourth-order valence-electron chi connectivity index (χ4n) is 2.84. The van der Waals surface area contributed by atoms with Crippen molar-refractivity contribution < 1.29 is 15.0 Å². The highest BCUT2D eigenvalue weighted by atomic mass is 35.5. The van der Waals surface area contributed by atoms with Crippen molar-refractivity contribution in [3.63, 3.8) is 0 Å². The summed E-state index contributed by atoms with van der Waals surface area (Å²) in [7, 11) is 0. The number of aliphatic hydroxyl groups excluding tert-OH is 1. The van der Waals surface area contributed by atoms with Gasteiger partial charge in [0.15, 0.2) is 0 Å². The molecule has 3 aromatic rings. The van der Waals surface area contributed by atoms with E-state index in [1.807, 2.05) is 42.5 Å². The molecule has 1 amide bonds. The molecule has 0 aliphatic carbocycles. The fourth-order valence-corrected chi connectivity index (χ4v) is 2.95. The number of amides is 1. The first-order valence-electron chi connectivity index (χ1n) is 7.79. The van der Waals surface area contributed by atoms with Crippen LogP contribution in [0.1, 0.15) is 23.1 Å². The third-order valence-electron chi connectivity index (χ3n) is 4.15. The van der Waals surface area contributed by atoms with E-state index in [0.29, 0.717) is 10.7 Å². The maximum atomic E-state index is 10.9. The van der Waals surface area contributed by atoms with E-state index in [9.17, 15) is 9.90 Å². The monoisotopic (exact) mass is 356 g/mol. The summed E-state index contributed by atoms with van der Waals surface area (Å²) in [6.45, 7) is 0.0808. The predicted octanol–water partition coefficient (Wildman–Crippen LogP) is 3.97. The molecule has 2 atom stereocenters. The van der Waals surface area contributed by atoms with Gasteiger partial charge < -0.3 is 15.5 Å². The number of hydrogen-bond acceptors (Lipinski definition) is 3. The molecule has 0 saturated heterocycles. The summed E-state index contributed by atoms with van der Waals surface area (Å²) in [4.78, 5) is 14.9. The van der Waals surface area contributed by atoms with Gasteiger partial charge in [-0.1, -0.05) is 60.1 Å². The molecular weight excluding hydrogens is 340 g/mol. The van der Waals surface area contributed by atoms with E-state index >= 15 is 0 Å². The Morgan fingerprint density at radius 1 is 1.08 bits per heavy atom. The lowest BCUT2D eigenvalue weighted by Gasteiger charge is -2.24. The lowest BCUT2D eigenvalue weighted by atomic mass is 9.88. The van der Waals surface area contributed by atoms with Crippen molar-refractivity contribution in [1.82, 2.24) is 10.3 Å². The van der Waals surface area contributed by atoms with E-state index < -0.39 is 18.1 Å². The van der Waals surface area contributed by atoms with Crippen molar-refractivity contribution in [3.8, 4) is 0 Å².